The minimum atomic E-state index is -1.20. The highest BCUT2D eigenvalue weighted by Gasteiger charge is 2.21. The topological polar surface area (TPSA) is 114 Å². The van der Waals surface area contributed by atoms with Gasteiger partial charge in [0.1, 0.15) is 18.2 Å². The van der Waals surface area contributed by atoms with E-state index in [-0.39, 0.29) is 19.7 Å². The van der Waals surface area contributed by atoms with Crippen molar-refractivity contribution in [1.82, 2.24) is 10.6 Å². The van der Waals surface area contributed by atoms with Crippen LogP contribution in [0.3, 0.4) is 0 Å². The summed E-state index contributed by atoms with van der Waals surface area (Å²) in [6.07, 6.45) is -0.729. The van der Waals surface area contributed by atoms with Gasteiger partial charge >= 0.3 is 18.0 Å². The summed E-state index contributed by atoms with van der Waals surface area (Å²) in [6.45, 7) is 4.68. The fourth-order valence-electron chi connectivity index (χ4n) is 1.74. The maximum Gasteiger partial charge on any atom is 0.407 e. The molecule has 0 aliphatic heterocycles. The Morgan fingerprint density at radius 1 is 1.16 bits per heavy atom. The molecule has 3 N–H and O–H groups in total. The number of hydrogen-bond donors (Lipinski definition) is 3. The second kappa shape index (κ2) is 9.63. The maximum absolute atomic E-state index is 11.7. The van der Waals surface area contributed by atoms with Crippen molar-refractivity contribution in [3.05, 3.63) is 35.9 Å². The standard InChI is InChI=1S/C17H24N2O6/c1-17(2,3)25-16(23)19-9-13(15(21)22)18-10-14(20)24-11-12-7-5-4-6-8-12/h4-8,13,18H,9-11H2,1-3H3,(H,19,23)(H,21,22)/t13-/m1/s1. The Balaban J connectivity index is 2.36. The first-order chi connectivity index (χ1) is 11.7. The molecule has 0 aliphatic rings. The summed E-state index contributed by atoms with van der Waals surface area (Å²) in [5, 5.41) is 14.0. The van der Waals surface area contributed by atoms with Crippen molar-refractivity contribution in [3.63, 3.8) is 0 Å². The zero-order chi connectivity index (χ0) is 18.9. The highest BCUT2D eigenvalue weighted by atomic mass is 16.6. The lowest BCUT2D eigenvalue weighted by molar-refractivity contribution is -0.144. The molecule has 0 fully saturated rings. The number of amides is 1. The van der Waals surface area contributed by atoms with Crippen LogP contribution in [0.15, 0.2) is 30.3 Å². The summed E-state index contributed by atoms with van der Waals surface area (Å²) >= 11 is 0. The Kier molecular flexibility index (Phi) is 7.87. The van der Waals surface area contributed by atoms with Gasteiger partial charge in [-0.3, -0.25) is 14.9 Å². The summed E-state index contributed by atoms with van der Waals surface area (Å²) in [5.74, 6) is -1.79. The van der Waals surface area contributed by atoms with Crippen molar-refractivity contribution >= 4 is 18.0 Å². The highest BCUT2D eigenvalue weighted by molar-refractivity contribution is 5.77. The lowest BCUT2D eigenvalue weighted by Crippen LogP contribution is -2.48. The average Bonchev–Trinajstić information content (AvgIpc) is 2.51. The molecule has 1 amide bonds. The van der Waals surface area contributed by atoms with Crippen molar-refractivity contribution in [2.75, 3.05) is 13.1 Å². The van der Waals surface area contributed by atoms with Crippen molar-refractivity contribution in [2.45, 2.75) is 39.0 Å². The molecular formula is C17H24N2O6. The van der Waals surface area contributed by atoms with Crippen molar-refractivity contribution in [2.24, 2.45) is 0 Å². The number of esters is 1. The van der Waals surface area contributed by atoms with Gasteiger partial charge in [0.05, 0.1) is 6.54 Å². The van der Waals surface area contributed by atoms with E-state index in [1.807, 2.05) is 30.3 Å². The van der Waals surface area contributed by atoms with E-state index in [0.717, 1.165) is 5.56 Å². The number of alkyl carbamates (subject to hydrolysis) is 1. The third-order valence-electron chi connectivity index (χ3n) is 2.88. The molecule has 0 saturated heterocycles. The van der Waals surface area contributed by atoms with Crippen LogP contribution < -0.4 is 10.6 Å². The zero-order valence-corrected chi connectivity index (χ0v) is 14.6. The summed E-state index contributed by atoms with van der Waals surface area (Å²) in [6, 6.07) is 7.98. The fraction of sp³-hybridized carbons (Fsp3) is 0.471. The van der Waals surface area contributed by atoms with Gasteiger partial charge in [0.15, 0.2) is 0 Å². The monoisotopic (exact) mass is 352 g/mol. The van der Waals surface area contributed by atoms with Crippen LogP contribution in [0.2, 0.25) is 0 Å². The van der Waals surface area contributed by atoms with Gasteiger partial charge < -0.3 is 19.9 Å². The minimum Gasteiger partial charge on any atom is -0.480 e. The number of carboxylic acids is 1. The van der Waals surface area contributed by atoms with E-state index in [0.29, 0.717) is 0 Å². The van der Waals surface area contributed by atoms with Gasteiger partial charge in [0, 0.05) is 6.54 Å². The first-order valence-electron chi connectivity index (χ1n) is 7.80. The largest absolute Gasteiger partial charge is 0.480 e. The highest BCUT2D eigenvalue weighted by Crippen LogP contribution is 2.06. The van der Waals surface area contributed by atoms with Crippen molar-refractivity contribution < 1.29 is 29.0 Å². The second-order valence-electron chi connectivity index (χ2n) is 6.30. The number of nitrogens with one attached hydrogen (secondary N) is 2. The molecule has 1 atom stereocenters. The van der Waals surface area contributed by atoms with Gasteiger partial charge in [-0.05, 0) is 26.3 Å². The molecule has 1 aromatic rings. The first kappa shape index (κ1) is 20.4. The van der Waals surface area contributed by atoms with Crippen LogP contribution in [0, 0.1) is 0 Å². The smallest absolute Gasteiger partial charge is 0.407 e. The molecule has 0 bridgehead atoms. The third-order valence-corrected chi connectivity index (χ3v) is 2.88. The molecule has 0 radical (unpaired) electrons. The predicted octanol–water partition coefficient (Wildman–Crippen LogP) is 1.30. The van der Waals surface area contributed by atoms with Crippen LogP contribution in [0.25, 0.3) is 0 Å². The number of carbonyl (C=O) groups excluding carboxylic acids is 2. The Bertz CT molecular complexity index is 583. The van der Waals surface area contributed by atoms with Gasteiger partial charge in [-0.1, -0.05) is 30.3 Å². The van der Waals surface area contributed by atoms with E-state index < -0.39 is 29.7 Å². The second-order valence-corrected chi connectivity index (χ2v) is 6.30. The molecule has 1 rings (SSSR count). The molecule has 25 heavy (non-hydrogen) atoms. The number of carbonyl (C=O) groups is 3. The number of hydrogen-bond acceptors (Lipinski definition) is 6. The fourth-order valence-corrected chi connectivity index (χ4v) is 1.74. The quantitative estimate of drug-likeness (QED) is 0.604. The van der Waals surface area contributed by atoms with Gasteiger partial charge in [-0.15, -0.1) is 0 Å². The molecular weight excluding hydrogens is 328 g/mol. The van der Waals surface area contributed by atoms with E-state index in [1.165, 1.54) is 0 Å². The lowest BCUT2D eigenvalue weighted by atomic mass is 10.2. The Morgan fingerprint density at radius 2 is 1.80 bits per heavy atom. The number of benzene rings is 1. The molecule has 0 heterocycles. The third kappa shape index (κ3) is 9.31. The Labute approximate surface area is 146 Å². The number of ether oxygens (including phenoxy) is 2. The summed E-state index contributed by atoms with van der Waals surface area (Å²) in [5.41, 5.74) is 0.148. The van der Waals surface area contributed by atoms with E-state index in [9.17, 15) is 14.4 Å². The molecule has 0 aromatic heterocycles. The molecule has 8 heteroatoms. The SMILES string of the molecule is CC(C)(C)OC(=O)NC[C@@H](NCC(=O)OCc1ccccc1)C(=O)O. The van der Waals surface area contributed by atoms with Crippen LogP contribution >= 0.6 is 0 Å². The first-order valence-corrected chi connectivity index (χ1v) is 7.80. The van der Waals surface area contributed by atoms with E-state index in [4.69, 9.17) is 14.6 Å². The van der Waals surface area contributed by atoms with E-state index in [2.05, 4.69) is 10.6 Å². The molecule has 1 aromatic carbocycles. The van der Waals surface area contributed by atoms with Crippen LogP contribution in [0.5, 0.6) is 0 Å². The predicted molar refractivity (Wildman–Crippen MR) is 89.9 cm³/mol. The minimum absolute atomic E-state index is 0.106. The Morgan fingerprint density at radius 3 is 2.36 bits per heavy atom. The van der Waals surface area contributed by atoms with Gasteiger partial charge in [0.25, 0.3) is 0 Å². The number of rotatable bonds is 8. The van der Waals surface area contributed by atoms with Crippen molar-refractivity contribution in [1.29, 1.82) is 0 Å². The van der Waals surface area contributed by atoms with Crippen LogP contribution in [0.1, 0.15) is 26.3 Å². The lowest BCUT2D eigenvalue weighted by Gasteiger charge is -2.21. The normalized spacial score (nSPS) is 12.1. The molecule has 8 nitrogen and oxygen atoms in total. The molecule has 0 unspecified atom stereocenters. The number of carboxylic acid groups (broad SMARTS) is 1. The molecule has 138 valence electrons. The van der Waals surface area contributed by atoms with Crippen LogP contribution in [-0.2, 0) is 25.7 Å². The van der Waals surface area contributed by atoms with Crippen LogP contribution in [0.4, 0.5) is 4.79 Å². The van der Waals surface area contributed by atoms with Gasteiger partial charge in [0.2, 0.25) is 0 Å². The maximum atomic E-state index is 11.7. The van der Waals surface area contributed by atoms with Gasteiger partial charge in [-0.2, -0.15) is 0 Å². The summed E-state index contributed by atoms with van der Waals surface area (Å²) in [7, 11) is 0. The molecule has 0 aliphatic carbocycles. The number of aliphatic carboxylic acids is 1. The van der Waals surface area contributed by atoms with E-state index in [1.54, 1.807) is 20.8 Å². The van der Waals surface area contributed by atoms with Crippen LogP contribution in [-0.4, -0.2) is 47.9 Å². The Hall–Kier alpha value is -2.61. The van der Waals surface area contributed by atoms with Gasteiger partial charge in [-0.25, -0.2) is 4.79 Å². The van der Waals surface area contributed by atoms with E-state index >= 15 is 0 Å². The zero-order valence-electron chi connectivity index (χ0n) is 14.6. The summed E-state index contributed by atoms with van der Waals surface area (Å²) in [4.78, 5) is 34.4. The average molecular weight is 352 g/mol. The molecule has 0 saturated carbocycles. The van der Waals surface area contributed by atoms with Crippen molar-refractivity contribution in [3.8, 4) is 0 Å². The molecule has 0 spiro atoms. The summed E-state index contributed by atoms with van der Waals surface area (Å²) < 4.78 is 10.1.